The zero-order valence-electron chi connectivity index (χ0n) is 18.1. The highest BCUT2D eigenvalue weighted by Gasteiger charge is 2.34. The molecule has 0 aromatic rings. The number of rotatable bonds is 4. The van der Waals surface area contributed by atoms with E-state index in [2.05, 4.69) is 65.2 Å². The fourth-order valence-electron chi connectivity index (χ4n) is 3.00. The SMILES string of the molecule is CCC1(C)CC1.CCC1CC1C.CCN1CC1C.CCN1CC1C. The molecular formula is C22H46N2. The Labute approximate surface area is 153 Å². The highest BCUT2D eigenvalue weighted by atomic mass is 15.3. The van der Waals surface area contributed by atoms with Crippen LogP contribution in [0.5, 0.6) is 0 Å². The van der Waals surface area contributed by atoms with Gasteiger partial charge in [-0.2, -0.15) is 0 Å². The van der Waals surface area contributed by atoms with Gasteiger partial charge in [0.05, 0.1) is 0 Å². The van der Waals surface area contributed by atoms with Gasteiger partial charge < -0.3 is 0 Å². The molecule has 4 aliphatic rings. The minimum Gasteiger partial charge on any atom is -0.298 e. The lowest BCUT2D eigenvalue weighted by Gasteiger charge is -1.96. The van der Waals surface area contributed by atoms with E-state index in [0.29, 0.717) is 0 Å². The van der Waals surface area contributed by atoms with Gasteiger partial charge in [0.2, 0.25) is 0 Å². The van der Waals surface area contributed by atoms with Crippen LogP contribution in [-0.2, 0) is 0 Å². The van der Waals surface area contributed by atoms with Gasteiger partial charge in [0.15, 0.2) is 0 Å². The van der Waals surface area contributed by atoms with Crippen LogP contribution in [0.15, 0.2) is 0 Å². The molecule has 2 saturated carbocycles. The molecule has 0 radical (unpaired) electrons. The minimum absolute atomic E-state index is 0.792. The molecule has 6 unspecified atom stereocenters. The van der Waals surface area contributed by atoms with Crippen LogP contribution in [0.25, 0.3) is 0 Å². The van der Waals surface area contributed by atoms with Crippen LogP contribution in [0.2, 0.25) is 0 Å². The van der Waals surface area contributed by atoms with E-state index in [4.69, 9.17) is 0 Å². The summed E-state index contributed by atoms with van der Waals surface area (Å²) in [5, 5.41) is 0. The average molecular weight is 339 g/mol. The van der Waals surface area contributed by atoms with Gasteiger partial charge in [-0.3, -0.25) is 9.80 Å². The van der Waals surface area contributed by atoms with Gasteiger partial charge >= 0.3 is 0 Å². The van der Waals surface area contributed by atoms with Gasteiger partial charge in [-0.1, -0.05) is 54.4 Å². The van der Waals surface area contributed by atoms with Crippen LogP contribution in [-0.4, -0.2) is 48.1 Å². The van der Waals surface area contributed by atoms with E-state index in [1.165, 1.54) is 58.3 Å². The molecule has 0 amide bonds. The molecule has 0 N–H and O–H groups in total. The summed E-state index contributed by atoms with van der Waals surface area (Å²) in [5.74, 6) is 2.17. The maximum absolute atomic E-state index is 2.42. The minimum atomic E-state index is 0.792. The third-order valence-corrected chi connectivity index (χ3v) is 6.55. The molecule has 144 valence electrons. The Morgan fingerprint density at radius 1 is 0.833 bits per heavy atom. The average Bonchev–Trinajstić information content (AvgIpc) is 3.38. The van der Waals surface area contributed by atoms with Crippen LogP contribution in [0.3, 0.4) is 0 Å². The Kier molecular flexibility index (Phi) is 9.30. The first-order valence-corrected chi connectivity index (χ1v) is 10.8. The van der Waals surface area contributed by atoms with Gasteiger partial charge in [0, 0.05) is 25.2 Å². The molecule has 6 atom stereocenters. The zero-order valence-corrected chi connectivity index (χ0v) is 18.1. The van der Waals surface area contributed by atoms with Crippen LogP contribution in [0.1, 0.15) is 87.5 Å². The summed E-state index contributed by atoms with van der Waals surface area (Å²) in [6.07, 6.45) is 7.23. The van der Waals surface area contributed by atoms with Crippen molar-refractivity contribution in [3.05, 3.63) is 0 Å². The van der Waals surface area contributed by atoms with Crippen LogP contribution >= 0.6 is 0 Å². The van der Waals surface area contributed by atoms with Crippen molar-refractivity contribution in [2.45, 2.75) is 99.6 Å². The van der Waals surface area contributed by atoms with E-state index >= 15 is 0 Å². The van der Waals surface area contributed by atoms with E-state index in [1.807, 2.05) is 0 Å². The van der Waals surface area contributed by atoms with E-state index in [-0.39, 0.29) is 0 Å². The van der Waals surface area contributed by atoms with Crippen molar-refractivity contribution in [1.29, 1.82) is 0 Å². The summed E-state index contributed by atoms with van der Waals surface area (Å²) in [6.45, 7) is 23.3. The summed E-state index contributed by atoms with van der Waals surface area (Å²) in [7, 11) is 0. The van der Waals surface area contributed by atoms with Crippen molar-refractivity contribution in [1.82, 2.24) is 9.80 Å². The predicted octanol–water partition coefficient (Wildman–Crippen LogP) is 5.67. The largest absolute Gasteiger partial charge is 0.298 e. The van der Waals surface area contributed by atoms with Crippen molar-refractivity contribution in [3.63, 3.8) is 0 Å². The zero-order chi connectivity index (χ0) is 18.3. The summed E-state index contributed by atoms with van der Waals surface area (Å²) in [4.78, 5) is 4.83. The van der Waals surface area contributed by atoms with E-state index in [0.717, 1.165) is 29.3 Å². The second kappa shape index (κ2) is 10.2. The Hall–Kier alpha value is -0.0800. The van der Waals surface area contributed by atoms with Gasteiger partial charge in [-0.05, 0) is 63.5 Å². The van der Waals surface area contributed by atoms with Gasteiger partial charge in [0.1, 0.15) is 0 Å². The smallest absolute Gasteiger partial charge is 0.0195 e. The highest BCUT2D eigenvalue weighted by molar-refractivity contribution is 4.86. The lowest BCUT2D eigenvalue weighted by molar-refractivity contribution is 0.550. The molecule has 0 spiro atoms. The lowest BCUT2D eigenvalue weighted by atomic mass is 10.1. The van der Waals surface area contributed by atoms with E-state index < -0.39 is 0 Å². The molecule has 2 aliphatic heterocycles. The normalized spacial score (nSPS) is 39.0. The summed E-state index contributed by atoms with van der Waals surface area (Å²) < 4.78 is 0. The first kappa shape index (κ1) is 22.0. The number of likely N-dealkylation sites (N-methyl/N-ethyl adjacent to an activating group) is 2. The Bertz CT molecular complexity index is 293. The fraction of sp³-hybridized carbons (Fsp3) is 1.00. The Balaban J connectivity index is 0.000000160. The fourth-order valence-corrected chi connectivity index (χ4v) is 3.00. The summed E-state index contributed by atoms with van der Waals surface area (Å²) >= 11 is 0. The molecule has 2 heterocycles. The van der Waals surface area contributed by atoms with Crippen molar-refractivity contribution in [3.8, 4) is 0 Å². The van der Waals surface area contributed by atoms with Gasteiger partial charge in [-0.25, -0.2) is 0 Å². The monoisotopic (exact) mass is 338 g/mol. The van der Waals surface area contributed by atoms with Crippen molar-refractivity contribution in [2.24, 2.45) is 17.3 Å². The molecule has 2 nitrogen and oxygen atoms in total. The molecule has 0 aromatic carbocycles. The van der Waals surface area contributed by atoms with Crippen molar-refractivity contribution in [2.75, 3.05) is 26.2 Å². The quantitative estimate of drug-likeness (QED) is 0.609. The molecule has 0 bridgehead atoms. The number of hydrogen-bond donors (Lipinski definition) is 0. The molecule has 0 aromatic heterocycles. The Morgan fingerprint density at radius 3 is 1.21 bits per heavy atom. The number of hydrogen-bond acceptors (Lipinski definition) is 2. The first-order chi connectivity index (χ1) is 11.3. The molecular weight excluding hydrogens is 292 g/mol. The van der Waals surface area contributed by atoms with Crippen molar-refractivity contribution >= 4 is 0 Å². The van der Waals surface area contributed by atoms with Crippen LogP contribution < -0.4 is 0 Å². The third kappa shape index (κ3) is 9.42. The second-order valence-corrected chi connectivity index (χ2v) is 8.92. The first-order valence-electron chi connectivity index (χ1n) is 10.8. The molecule has 2 saturated heterocycles. The Morgan fingerprint density at radius 2 is 1.21 bits per heavy atom. The molecule has 4 fully saturated rings. The lowest BCUT2D eigenvalue weighted by Crippen LogP contribution is -1.95. The van der Waals surface area contributed by atoms with E-state index in [1.54, 1.807) is 0 Å². The molecule has 4 rings (SSSR count). The highest BCUT2D eigenvalue weighted by Crippen LogP contribution is 2.47. The van der Waals surface area contributed by atoms with E-state index in [9.17, 15) is 0 Å². The standard InChI is InChI=1S/2C6H12.2C5H11N/c1-3-6(2)4-5-6;3*1-3-6-4-5(6)2/h3-5H2,1-2H3;5-6H,3-4H2,1-2H3;2*5H,3-4H2,1-2H3. The molecule has 2 heteroatoms. The molecule has 2 aliphatic carbocycles. The van der Waals surface area contributed by atoms with Gasteiger partial charge in [-0.15, -0.1) is 0 Å². The maximum atomic E-state index is 2.42. The predicted molar refractivity (Wildman–Crippen MR) is 109 cm³/mol. The summed E-state index contributed by atoms with van der Waals surface area (Å²) in [5.41, 5.74) is 0.792. The third-order valence-electron chi connectivity index (χ3n) is 6.55. The van der Waals surface area contributed by atoms with Crippen LogP contribution in [0.4, 0.5) is 0 Å². The molecule has 24 heavy (non-hydrogen) atoms. The second-order valence-electron chi connectivity index (χ2n) is 8.92. The topological polar surface area (TPSA) is 6.02 Å². The maximum Gasteiger partial charge on any atom is 0.0195 e. The number of nitrogens with zero attached hydrogens (tertiary/aromatic N) is 2. The van der Waals surface area contributed by atoms with Crippen LogP contribution in [0, 0.1) is 17.3 Å². The van der Waals surface area contributed by atoms with Gasteiger partial charge in [0.25, 0.3) is 0 Å². The summed E-state index contributed by atoms with van der Waals surface area (Å²) in [6, 6.07) is 1.80. The van der Waals surface area contributed by atoms with Crippen molar-refractivity contribution < 1.29 is 0 Å².